The van der Waals surface area contributed by atoms with Crippen LogP contribution >= 0.6 is 0 Å². The number of benzene rings is 2. The minimum Gasteiger partial charge on any atom is -0.497 e. The molecule has 1 spiro atoms. The number of hydrogen-bond donors (Lipinski definition) is 2. The number of aliphatic hydroxyl groups is 1. The van der Waals surface area contributed by atoms with E-state index in [0.717, 1.165) is 0 Å². The predicted octanol–water partition coefficient (Wildman–Crippen LogP) is 3.73. The fourth-order valence-electron chi connectivity index (χ4n) is 7.34. The van der Waals surface area contributed by atoms with Crippen LogP contribution in [0, 0.1) is 11.8 Å². The summed E-state index contributed by atoms with van der Waals surface area (Å²) in [5, 5.41) is 12.3. The first-order valence-corrected chi connectivity index (χ1v) is 16.6. The van der Waals surface area contributed by atoms with E-state index in [1.54, 1.807) is 53.3 Å². The second kappa shape index (κ2) is 15.6. The number of rotatable bonds is 17. The Balaban J connectivity index is 1.44. The number of carbonyl (C=O) groups excluding carboxylic acids is 4. The second-order valence-corrected chi connectivity index (χ2v) is 12.4. The number of anilines is 1. The second-order valence-electron chi connectivity index (χ2n) is 12.4. The van der Waals surface area contributed by atoms with E-state index in [4.69, 9.17) is 14.2 Å². The SMILES string of the molecule is C=CCCC(=O)NC[C@H](OC(=O)[C@@H]1[C@@H]2CC[C@]3(O2)[C@H](C(=O)N(CC=C)c2ccc(OC)cc2)N(CCCCO)C(=O)[C@@H]13)c1ccccc1. The molecule has 3 aliphatic heterocycles. The first-order valence-electron chi connectivity index (χ1n) is 16.6. The molecule has 3 heterocycles. The molecule has 3 fully saturated rings. The molecular formula is C37H45N3O8. The van der Waals surface area contributed by atoms with Gasteiger partial charge in [-0.15, -0.1) is 13.2 Å². The molecule has 11 nitrogen and oxygen atoms in total. The van der Waals surface area contributed by atoms with E-state index >= 15 is 0 Å². The van der Waals surface area contributed by atoms with Gasteiger partial charge in [0.2, 0.25) is 11.8 Å². The number of aliphatic hydroxyl groups excluding tert-OH is 1. The Morgan fingerprint density at radius 2 is 1.88 bits per heavy atom. The minimum atomic E-state index is -1.23. The highest BCUT2D eigenvalue weighted by Gasteiger charge is 2.75. The van der Waals surface area contributed by atoms with Gasteiger partial charge in [0, 0.05) is 31.8 Å². The Labute approximate surface area is 281 Å². The van der Waals surface area contributed by atoms with Crippen molar-refractivity contribution in [3.63, 3.8) is 0 Å². The lowest BCUT2D eigenvalue weighted by Gasteiger charge is -2.36. The van der Waals surface area contributed by atoms with Gasteiger partial charge in [0.25, 0.3) is 5.91 Å². The maximum atomic E-state index is 14.6. The van der Waals surface area contributed by atoms with Gasteiger partial charge in [-0.3, -0.25) is 19.2 Å². The summed E-state index contributed by atoms with van der Waals surface area (Å²) in [5.41, 5.74) is 0.0756. The molecule has 2 aromatic carbocycles. The Morgan fingerprint density at radius 1 is 1.12 bits per heavy atom. The molecule has 0 unspecified atom stereocenters. The highest BCUT2D eigenvalue weighted by atomic mass is 16.6. The first-order chi connectivity index (χ1) is 23.3. The molecule has 2 N–H and O–H groups in total. The van der Waals surface area contributed by atoms with Crippen LogP contribution in [-0.4, -0.2) is 84.8 Å². The normalized spacial score (nSPS) is 24.5. The number of carbonyl (C=O) groups is 4. The zero-order chi connectivity index (χ0) is 34.3. The summed E-state index contributed by atoms with van der Waals surface area (Å²) in [6.07, 6.45) is 4.50. The maximum Gasteiger partial charge on any atom is 0.313 e. The number of nitrogens with zero attached hydrogens (tertiary/aromatic N) is 2. The van der Waals surface area contributed by atoms with Crippen molar-refractivity contribution in [2.75, 3.05) is 38.3 Å². The topological polar surface area (TPSA) is 135 Å². The van der Waals surface area contributed by atoms with Crippen LogP contribution in [0.1, 0.15) is 50.2 Å². The van der Waals surface area contributed by atoms with Crippen LogP contribution < -0.4 is 15.0 Å². The van der Waals surface area contributed by atoms with Crippen molar-refractivity contribution in [1.82, 2.24) is 10.2 Å². The number of nitrogens with one attached hydrogen (secondary N) is 1. The standard InChI is InChI=1S/C37H45N3O8/c1-4-6-14-30(42)38-24-29(25-12-8-7-9-13-25)47-36(45)31-28-19-20-37(48-28)32(31)34(43)40(22-10-11-23-41)33(37)35(44)39(21-5-2)26-15-17-27(46-3)18-16-26/h4-5,7-9,12-13,15-18,28-29,31-33,41H,1-2,6,10-11,14,19-24H2,3H3,(H,38,42)/t28-,29-,31+,32+,33-,37+/m0/s1. The van der Waals surface area contributed by atoms with Crippen LogP contribution in [0.2, 0.25) is 0 Å². The zero-order valence-corrected chi connectivity index (χ0v) is 27.4. The van der Waals surface area contributed by atoms with Gasteiger partial charge in [-0.05, 0) is 61.9 Å². The number of likely N-dealkylation sites (tertiary alicyclic amines) is 1. The molecule has 256 valence electrons. The van der Waals surface area contributed by atoms with Crippen molar-refractivity contribution in [1.29, 1.82) is 0 Å². The van der Waals surface area contributed by atoms with Gasteiger partial charge in [0.15, 0.2) is 0 Å². The monoisotopic (exact) mass is 659 g/mol. The van der Waals surface area contributed by atoms with Crippen LogP contribution in [0.25, 0.3) is 0 Å². The van der Waals surface area contributed by atoms with E-state index in [1.807, 2.05) is 30.3 Å². The number of unbranched alkanes of at least 4 members (excludes halogenated alkanes) is 1. The van der Waals surface area contributed by atoms with Gasteiger partial charge in [0.1, 0.15) is 23.5 Å². The average Bonchev–Trinajstić information content (AvgIpc) is 3.75. The highest BCUT2D eigenvalue weighted by molar-refractivity contribution is 6.04. The van der Waals surface area contributed by atoms with Crippen molar-refractivity contribution >= 4 is 29.4 Å². The molecule has 0 radical (unpaired) electrons. The summed E-state index contributed by atoms with van der Waals surface area (Å²) in [6, 6.07) is 15.2. The lowest BCUT2D eigenvalue weighted by Crippen LogP contribution is -2.56. The Morgan fingerprint density at radius 3 is 2.54 bits per heavy atom. The van der Waals surface area contributed by atoms with Gasteiger partial charge in [-0.25, -0.2) is 0 Å². The Hall–Kier alpha value is -4.48. The van der Waals surface area contributed by atoms with Crippen molar-refractivity contribution in [2.45, 2.75) is 62.4 Å². The van der Waals surface area contributed by atoms with Gasteiger partial charge in [-0.1, -0.05) is 42.5 Å². The third kappa shape index (κ3) is 6.88. The number of ether oxygens (including phenoxy) is 3. The summed E-state index contributed by atoms with van der Waals surface area (Å²) < 4.78 is 18.0. The number of amides is 3. The summed E-state index contributed by atoms with van der Waals surface area (Å²) in [6.45, 7) is 7.92. The maximum absolute atomic E-state index is 14.6. The van der Waals surface area contributed by atoms with E-state index < -0.39 is 41.7 Å². The number of hydrogen-bond acceptors (Lipinski definition) is 8. The van der Waals surface area contributed by atoms with Gasteiger partial charge >= 0.3 is 5.97 Å². The lowest BCUT2D eigenvalue weighted by atomic mass is 9.70. The fourth-order valence-corrected chi connectivity index (χ4v) is 7.34. The van der Waals surface area contributed by atoms with Crippen molar-refractivity contribution in [3.8, 4) is 5.75 Å². The Bertz CT molecular complexity index is 1480. The van der Waals surface area contributed by atoms with Crippen LogP contribution in [-0.2, 0) is 28.7 Å². The minimum absolute atomic E-state index is 0.0534. The largest absolute Gasteiger partial charge is 0.497 e. The molecule has 2 aromatic rings. The molecule has 3 saturated heterocycles. The molecule has 0 saturated carbocycles. The van der Waals surface area contributed by atoms with Crippen LogP contribution in [0.15, 0.2) is 79.9 Å². The molecule has 2 bridgehead atoms. The third-order valence-corrected chi connectivity index (χ3v) is 9.57. The molecule has 0 aromatic heterocycles. The molecule has 6 atom stereocenters. The van der Waals surface area contributed by atoms with Crippen LogP contribution in [0.4, 0.5) is 5.69 Å². The number of allylic oxidation sites excluding steroid dienone is 1. The quantitative estimate of drug-likeness (QED) is 0.149. The van der Waals surface area contributed by atoms with Gasteiger partial charge in [-0.2, -0.15) is 0 Å². The highest BCUT2D eigenvalue weighted by Crippen LogP contribution is 2.59. The van der Waals surface area contributed by atoms with Crippen LogP contribution in [0.3, 0.4) is 0 Å². The molecule has 48 heavy (non-hydrogen) atoms. The van der Waals surface area contributed by atoms with Crippen molar-refractivity contribution < 1.29 is 38.5 Å². The van der Waals surface area contributed by atoms with E-state index in [0.29, 0.717) is 49.1 Å². The lowest BCUT2D eigenvalue weighted by molar-refractivity contribution is -0.160. The molecule has 3 amide bonds. The average molecular weight is 660 g/mol. The Kier molecular flexibility index (Phi) is 11.3. The van der Waals surface area contributed by atoms with Crippen LogP contribution in [0.5, 0.6) is 5.75 Å². The van der Waals surface area contributed by atoms with Crippen molar-refractivity contribution in [2.24, 2.45) is 11.8 Å². The summed E-state index contributed by atoms with van der Waals surface area (Å²) in [7, 11) is 1.56. The van der Waals surface area contributed by atoms with E-state index in [9.17, 15) is 24.3 Å². The number of fused-ring (bicyclic) bond motifs is 1. The predicted molar refractivity (Wildman–Crippen MR) is 179 cm³/mol. The number of esters is 1. The number of methoxy groups -OCH3 is 1. The van der Waals surface area contributed by atoms with E-state index in [-0.39, 0.29) is 50.4 Å². The summed E-state index contributed by atoms with van der Waals surface area (Å²) in [4.78, 5) is 58.7. The molecular weight excluding hydrogens is 614 g/mol. The zero-order valence-electron chi connectivity index (χ0n) is 27.4. The smallest absolute Gasteiger partial charge is 0.313 e. The first kappa shape index (κ1) is 34.8. The fraction of sp³-hybridized carbons (Fsp3) is 0.459. The molecule has 3 aliphatic rings. The van der Waals surface area contributed by atoms with Crippen molar-refractivity contribution in [3.05, 3.63) is 85.5 Å². The van der Waals surface area contributed by atoms with Gasteiger partial charge < -0.3 is 34.4 Å². The van der Waals surface area contributed by atoms with E-state index in [2.05, 4.69) is 18.5 Å². The molecule has 5 rings (SSSR count). The summed E-state index contributed by atoms with van der Waals surface area (Å²) >= 11 is 0. The summed E-state index contributed by atoms with van der Waals surface area (Å²) in [5.74, 6) is -2.68. The third-order valence-electron chi connectivity index (χ3n) is 9.57. The molecule has 0 aliphatic carbocycles. The van der Waals surface area contributed by atoms with E-state index in [1.165, 1.54) is 0 Å². The van der Waals surface area contributed by atoms with Gasteiger partial charge in [0.05, 0.1) is 31.6 Å². The molecule has 11 heteroatoms.